The number of rotatable bonds is 3. The molecular weight excluding hydrogens is 186 g/mol. The molecule has 4 unspecified atom stereocenters. The van der Waals surface area contributed by atoms with E-state index in [0.717, 1.165) is 18.6 Å². The van der Waals surface area contributed by atoms with Crippen molar-refractivity contribution in [3.05, 3.63) is 0 Å². The second-order valence-corrected chi connectivity index (χ2v) is 5.30. The van der Waals surface area contributed by atoms with Crippen molar-refractivity contribution in [2.75, 3.05) is 6.61 Å². The Balaban J connectivity index is 1.78. The van der Waals surface area contributed by atoms with Gasteiger partial charge in [0, 0.05) is 18.7 Å². The second-order valence-electron chi connectivity index (χ2n) is 5.30. The first-order chi connectivity index (χ1) is 7.29. The van der Waals surface area contributed by atoms with Crippen LogP contribution in [-0.4, -0.2) is 24.8 Å². The van der Waals surface area contributed by atoms with Gasteiger partial charge in [-0.25, -0.2) is 0 Å². The summed E-state index contributed by atoms with van der Waals surface area (Å²) in [5, 5.41) is 3.85. The summed E-state index contributed by atoms with van der Waals surface area (Å²) in [6, 6.07) is 1.50. The average Bonchev–Trinajstić information content (AvgIpc) is 2.65. The van der Waals surface area contributed by atoms with Crippen LogP contribution in [0.15, 0.2) is 0 Å². The number of hydrogen-bond acceptors (Lipinski definition) is 2. The van der Waals surface area contributed by atoms with Crippen molar-refractivity contribution in [2.24, 2.45) is 5.92 Å². The van der Waals surface area contributed by atoms with Crippen LogP contribution in [0.25, 0.3) is 0 Å². The molecule has 15 heavy (non-hydrogen) atoms. The van der Waals surface area contributed by atoms with Gasteiger partial charge < -0.3 is 10.1 Å². The maximum atomic E-state index is 5.71. The molecule has 2 fully saturated rings. The van der Waals surface area contributed by atoms with E-state index in [0.29, 0.717) is 12.1 Å². The number of ether oxygens (including phenoxy) is 1. The van der Waals surface area contributed by atoms with Crippen molar-refractivity contribution in [2.45, 2.75) is 70.6 Å². The van der Waals surface area contributed by atoms with Gasteiger partial charge in [0.2, 0.25) is 0 Å². The summed E-state index contributed by atoms with van der Waals surface area (Å²) in [6.07, 6.45) is 8.32. The zero-order chi connectivity index (χ0) is 10.7. The predicted molar refractivity (Wildman–Crippen MR) is 63.0 cm³/mol. The Morgan fingerprint density at radius 2 is 2.13 bits per heavy atom. The summed E-state index contributed by atoms with van der Waals surface area (Å²) in [5.74, 6) is 0.882. The molecule has 1 saturated carbocycles. The maximum Gasteiger partial charge on any atom is 0.0587 e. The molecule has 0 aromatic heterocycles. The first-order valence-corrected chi connectivity index (χ1v) is 6.67. The summed E-state index contributed by atoms with van der Waals surface area (Å²) >= 11 is 0. The molecule has 1 N–H and O–H groups in total. The van der Waals surface area contributed by atoms with Crippen LogP contribution < -0.4 is 5.32 Å². The quantitative estimate of drug-likeness (QED) is 0.775. The van der Waals surface area contributed by atoms with E-state index in [1.165, 1.54) is 38.5 Å². The van der Waals surface area contributed by atoms with Crippen molar-refractivity contribution in [1.29, 1.82) is 0 Å². The molecule has 4 atom stereocenters. The van der Waals surface area contributed by atoms with Crippen LogP contribution in [0.5, 0.6) is 0 Å². The van der Waals surface area contributed by atoms with Gasteiger partial charge in [0.05, 0.1) is 6.10 Å². The van der Waals surface area contributed by atoms with Crippen LogP contribution in [0.3, 0.4) is 0 Å². The Kier molecular flexibility index (Phi) is 4.04. The molecule has 0 radical (unpaired) electrons. The highest BCUT2D eigenvalue weighted by atomic mass is 16.5. The summed E-state index contributed by atoms with van der Waals surface area (Å²) in [6.45, 7) is 5.57. The normalized spacial score (nSPS) is 42.0. The minimum Gasteiger partial charge on any atom is -0.378 e. The van der Waals surface area contributed by atoms with Crippen molar-refractivity contribution in [3.8, 4) is 0 Å². The van der Waals surface area contributed by atoms with Crippen molar-refractivity contribution in [3.63, 3.8) is 0 Å². The summed E-state index contributed by atoms with van der Waals surface area (Å²) in [7, 11) is 0. The molecule has 0 bridgehead atoms. The Morgan fingerprint density at radius 3 is 2.80 bits per heavy atom. The van der Waals surface area contributed by atoms with E-state index in [4.69, 9.17) is 4.74 Å². The minimum atomic E-state index is 0.507. The third-order valence-corrected chi connectivity index (χ3v) is 4.13. The Hall–Kier alpha value is -0.0800. The monoisotopic (exact) mass is 211 g/mol. The van der Waals surface area contributed by atoms with Crippen LogP contribution in [0.1, 0.15) is 52.4 Å². The first-order valence-electron chi connectivity index (χ1n) is 6.67. The molecule has 1 saturated heterocycles. The molecular formula is C13H25NO. The van der Waals surface area contributed by atoms with Gasteiger partial charge in [0.25, 0.3) is 0 Å². The summed E-state index contributed by atoms with van der Waals surface area (Å²) in [4.78, 5) is 0. The molecule has 2 heteroatoms. The third-order valence-electron chi connectivity index (χ3n) is 4.13. The standard InChI is InChI=1S/C13H25NO/c1-3-12-9-11(7-8-15-12)14-13-6-4-5-10(13)2/h10-14H,3-9H2,1-2H3. The van der Waals surface area contributed by atoms with Gasteiger partial charge in [0.1, 0.15) is 0 Å². The topological polar surface area (TPSA) is 21.3 Å². The van der Waals surface area contributed by atoms with E-state index in [9.17, 15) is 0 Å². The highest BCUT2D eigenvalue weighted by Crippen LogP contribution is 2.27. The molecule has 0 aromatic carbocycles. The lowest BCUT2D eigenvalue weighted by Gasteiger charge is -2.32. The van der Waals surface area contributed by atoms with Gasteiger partial charge in [-0.05, 0) is 38.0 Å². The van der Waals surface area contributed by atoms with E-state index >= 15 is 0 Å². The lowest BCUT2D eigenvalue weighted by Crippen LogP contribution is -2.44. The number of nitrogens with one attached hydrogen (secondary N) is 1. The molecule has 2 aliphatic rings. The second kappa shape index (κ2) is 5.31. The molecule has 1 aliphatic carbocycles. The molecule has 2 rings (SSSR count). The van der Waals surface area contributed by atoms with Crippen LogP contribution >= 0.6 is 0 Å². The Labute approximate surface area is 93.8 Å². The van der Waals surface area contributed by atoms with Crippen molar-refractivity contribution < 1.29 is 4.74 Å². The van der Waals surface area contributed by atoms with E-state index < -0.39 is 0 Å². The van der Waals surface area contributed by atoms with Crippen molar-refractivity contribution >= 4 is 0 Å². The van der Waals surface area contributed by atoms with E-state index in [1.807, 2.05) is 0 Å². The van der Waals surface area contributed by atoms with Crippen LogP contribution in [0, 0.1) is 5.92 Å². The van der Waals surface area contributed by atoms with Gasteiger partial charge >= 0.3 is 0 Å². The van der Waals surface area contributed by atoms with E-state index in [-0.39, 0.29) is 0 Å². The van der Waals surface area contributed by atoms with Gasteiger partial charge in [0.15, 0.2) is 0 Å². The molecule has 0 aromatic rings. The molecule has 0 spiro atoms. The zero-order valence-electron chi connectivity index (χ0n) is 10.2. The van der Waals surface area contributed by atoms with Crippen LogP contribution in [-0.2, 0) is 4.74 Å². The van der Waals surface area contributed by atoms with Crippen LogP contribution in [0.4, 0.5) is 0 Å². The van der Waals surface area contributed by atoms with Crippen molar-refractivity contribution in [1.82, 2.24) is 5.32 Å². The van der Waals surface area contributed by atoms with E-state index in [2.05, 4.69) is 19.2 Å². The van der Waals surface area contributed by atoms with Gasteiger partial charge in [-0.1, -0.05) is 20.3 Å². The van der Waals surface area contributed by atoms with E-state index in [1.54, 1.807) is 0 Å². The summed E-state index contributed by atoms with van der Waals surface area (Å²) < 4.78 is 5.71. The largest absolute Gasteiger partial charge is 0.378 e. The van der Waals surface area contributed by atoms with Crippen LogP contribution in [0.2, 0.25) is 0 Å². The Bertz CT molecular complexity index is 195. The van der Waals surface area contributed by atoms with Gasteiger partial charge in [-0.3, -0.25) is 0 Å². The first kappa shape index (κ1) is 11.4. The highest BCUT2D eigenvalue weighted by molar-refractivity contribution is 4.85. The third kappa shape index (κ3) is 2.94. The average molecular weight is 211 g/mol. The highest BCUT2D eigenvalue weighted by Gasteiger charge is 2.28. The molecule has 1 aliphatic heterocycles. The smallest absolute Gasteiger partial charge is 0.0587 e. The lowest BCUT2D eigenvalue weighted by atomic mass is 9.98. The zero-order valence-corrected chi connectivity index (χ0v) is 10.2. The van der Waals surface area contributed by atoms with Gasteiger partial charge in [-0.15, -0.1) is 0 Å². The SMILES string of the molecule is CCC1CC(NC2CCCC2C)CCO1. The fourth-order valence-corrected chi connectivity index (χ4v) is 3.01. The maximum absolute atomic E-state index is 5.71. The fourth-order valence-electron chi connectivity index (χ4n) is 3.01. The number of hydrogen-bond donors (Lipinski definition) is 1. The lowest BCUT2D eigenvalue weighted by molar-refractivity contribution is -0.00260. The fraction of sp³-hybridized carbons (Fsp3) is 1.00. The summed E-state index contributed by atoms with van der Waals surface area (Å²) in [5.41, 5.74) is 0. The predicted octanol–water partition coefficient (Wildman–Crippen LogP) is 2.72. The molecule has 2 nitrogen and oxygen atoms in total. The Morgan fingerprint density at radius 1 is 1.27 bits per heavy atom. The van der Waals surface area contributed by atoms with Gasteiger partial charge in [-0.2, -0.15) is 0 Å². The molecule has 0 amide bonds. The minimum absolute atomic E-state index is 0.507. The molecule has 88 valence electrons. The molecule has 1 heterocycles.